The minimum atomic E-state index is -0.402. The maximum Gasteiger partial charge on any atom is 0.249 e. The molecule has 3 N–H and O–H groups in total. The lowest BCUT2D eigenvalue weighted by molar-refractivity contribution is 0.0999. The highest BCUT2D eigenvalue weighted by atomic mass is 79.9. The quantitative estimate of drug-likeness (QED) is 0.906. The zero-order chi connectivity index (χ0) is 13.8. The fourth-order valence-corrected chi connectivity index (χ4v) is 2.29. The van der Waals surface area contributed by atoms with Crippen molar-refractivity contribution in [3.63, 3.8) is 0 Å². The van der Waals surface area contributed by atoms with Gasteiger partial charge in [0.15, 0.2) is 0 Å². The van der Waals surface area contributed by atoms with Crippen LogP contribution < -0.4 is 11.1 Å². The van der Waals surface area contributed by atoms with Crippen molar-refractivity contribution in [1.82, 2.24) is 0 Å². The highest BCUT2D eigenvalue weighted by Gasteiger charge is 2.07. The van der Waals surface area contributed by atoms with E-state index in [0.717, 1.165) is 21.3 Å². The van der Waals surface area contributed by atoms with Crippen LogP contribution in [0.3, 0.4) is 0 Å². The fourth-order valence-electron chi connectivity index (χ4n) is 1.89. The number of nitrogens with two attached hydrogens (primary N) is 1. The van der Waals surface area contributed by atoms with E-state index < -0.39 is 5.91 Å². The van der Waals surface area contributed by atoms with Crippen molar-refractivity contribution in [3.05, 3.63) is 63.6 Å². The number of carbonyl (C=O) groups excluding carboxylic acids is 1. The predicted molar refractivity (Wildman–Crippen MR) is 81.2 cm³/mol. The number of anilines is 1. The summed E-state index contributed by atoms with van der Waals surface area (Å²) in [6, 6.07) is 13.4. The molecule has 0 saturated heterocycles. The molecule has 0 aromatic heterocycles. The summed E-state index contributed by atoms with van der Waals surface area (Å²) in [6.07, 6.45) is 0. The number of halogens is 1. The average molecular weight is 319 g/mol. The molecular weight excluding hydrogens is 304 g/mol. The summed E-state index contributed by atoms with van der Waals surface area (Å²) in [6.45, 7) is 2.59. The van der Waals surface area contributed by atoms with E-state index >= 15 is 0 Å². The van der Waals surface area contributed by atoms with Gasteiger partial charge in [-0.15, -0.1) is 0 Å². The summed E-state index contributed by atoms with van der Waals surface area (Å²) in [5.74, 6) is -0.402. The highest BCUT2D eigenvalue weighted by Crippen LogP contribution is 2.26. The molecule has 0 saturated carbocycles. The Balaban J connectivity index is 2.19. The maximum absolute atomic E-state index is 11.3. The summed E-state index contributed by atoms with van der Waals surface area (Å²) in [7, 11) is 0. The van der Waals surface area contributed by atoms with Gasteiger partial charge in [0.25, 0.3) is 0 Å². The third kappa shape index (κ3) is 3.15. The van der Waals surface area contributed by atoms with Crippen molar-refractivity contribution in [3.8, 4) is 0 Å². The molecule has 0 bridgehead atoms. The SMILES string of the molecule is Cc1cccc(NCc2ccccc2C(N)=O)c1Br. The van der Waals surface area contributed by atoms with Gasteiger partial charge < -0.3 is 11.1 Å². The topological polar surface area (TPSA) is 55.1 Å². The molecule has 0 radical (unpaired) electrons. The van der Waals surface area contributed by atoms with E-state index in [1.165, 1.54) is 0 Å². The number of amides is 1. The molecular formula is C15H15BrN2O. The Kier molecular flexibility index (Phi) is 4.22. The minimum absolute atomic E-state index is 0.402. The lowest BCUT2D eigenvalue weighted by atomic mass is 10.1. The van der Waals surface area contributed by atoms with Crippen molar-refractivity contribution in [2.24, 2.45) is 5.73 Å². The van der Waals surface area contributed by atoms with Gasteiger partial charge in [-0.2, -0.15) is 0 Å². The molecule has 0 aliphatic carbocycles. The van der Waals surface area contributed by atoms with Crippen LogP contribution in [0.2, 0.25) is 0 Å². The molecule has 0 spiro atoms. The molecule has 19 heavy (non-hydrogen) atoms. The van der Waals surface area contributed by atoms with Gasteiger partial charge in [0.1, 0.15) is 0 Å². The lowest BCUT2D eigenvalue weighted by Crippen LogP contribution is -2.15. The molecule has 0 fully saturated rings. The third-order valence-electron chi connectivity index (χ3n) is 2.94. The first-order chi connectivity index (χ1) is 9.09. The summed E-state index contributed by atoms with van der Waals surface area (Å²) in [5, 5.41) is 3.31. The summed E-state index contributed by atoms with van der Waals surface area (Å²) in [5.41, 5.74) is 8.97. The first-order valence-corrected chi connectivity index (χ1v) is 6.75. The van der Waals surface area contributed by atoms with E-state index in [1.807, 2.05) is 43.3 Å². The Bertz CT molecular complexity index is 611. The van der Waals surface area contributed by atoms with E-state index in [9.17, 15) is 4.79 Å². The minimum Gasteiger partial charge on any atom is -0.380 e. The second-order valence-corrected chi connectivity index (χ2v) is 5.10. The van der Waals surface area contributed by atoms with Crippen LogP contribution in [0.4, 0.5) is 5.69 Å². The standard InChI is InChI=1S/C15H15BrN2O/c1-10-5-4-8-13(14(10)16)18-9-11-6-2-3-7-12(11)15(17)19/h2-8,18H,9H2,1H3,(H2,17,19). The smallest absolute Gasteiger partial charge is 0.249 e. The van der Waals surface area contributed by atoms with Gasteiger partial charge in [0.2, 0.25) is 5.91 Å². The number of aryl methyl sites for hydroxylation is 1. The number of hydrogen-bond acceptors (Lipinski definition) is 2. The van der Waals surface area contributed by atoms with E-state index in [0.29, 0.717) is 12.1 Å². The van der Waals surface area contributed by atoms with E-state index in [4.69, 9.17) is 5.73 Å². The third-order valence-corrected chi connectivity index (χ3v) is 4.00. The zero-order valence-corrected chi connectivity index (χ0v) is 12.2. The number of rotatable bonds is 4. The first-order valence-electron chi connectivity index (χ1n) is 5.96. The summed E-state index contributed by atoms with van der Waals surface area (Å²) >= 11 is 3.55. The van der Waals surface area contributed by atoms with Gasteiger partial charge in [-0.1, -0.05) is 30.3 Å². The normalized spacial score (nSPS) is 10.2. The van der Waals surface area contributed by atoms with E-state index in [2.05, 4.69) is 21.2 Å². The first kappa shape index (κ1) is 13.6. The second kappa shape index (κ2) is 5.89. The molecule has 3 nitrogen and oxygen atoms in total. The van der Waals surface area contributed by atoms with Crippen molar-refractivity contribution < 1.29 is 4.79 Å². The van der Waals surface area contributed by atoms with Crippen LogP contribution in [-0.4, -0.2) is 5.91 Å². The molecule has 0 aliphatic rings. The maximum atomic E-state index is 11.3. The van der Waals surface area contributed by atoms with Crippen LogP contribution in [-0.2, 0) is 6.54 Å². The number of carbonyl (C=O) groups is 1. The number of nitrogens with one attached hydrogen (secondary N) is 1. The molecule has 0 heterocycles. The zero-order valence-electron chi connectivity index (χ0n) is 10.6. The van der Waals surface area contributed by atoms with Crippen molar-refractivity contribution in [1.29, 1.82) is 0 Å². The second-order valence-electron chi connectivity index (χ2n) is 4.31. The van der Waals surface area contributed by atoms with Crippen LogP contribution in [0.1, 0.15) is 21.5 Å². The molecule has 0 atom stereocenters. The van der Waals surface area contributed by atoms with E-state index in [1.54, 1.807) is 6.07 Å². The van der Waals surface area contributed by atoms with Crippen molar-refractivity contribution in [2.45, 2.75) is 13.5 Å². The Morgan fingerprint density at radius 1 is 1.21 bits per heavy atom. The molecule has 2 rings (SSSR count). The molecule has 2 aromatic carbocycles. The Labute approximate surface area is 121 Å². The summed E-state index contributed by atoms with van der Waals surface area (Å²) in [4.78, 5) is 11.3. The Hall–Kier alpha value is -1.81. The van der Waals surface area contributed by atoms with Gasteiger partial charge in [0.05, 0.1) is 0 Å². The Morgan fingerprint density at radius 2 is 1.95 bits per heavy atom. The molecule has 4 heteroatoms. The van der Waals surface area contributed by atoms with Gasteiger partial charge in [-0.25, -0.2) is 0 Å². The number of benzene rings is 2. The number of primary amides is 1. The van der Waals surface area contributed by atoms with Crippen LogP contribution in [0.25, 0.3) is 0 Å². The monoisotopic (exact) mass is 318 g/mol. The van der Waals surface area contributed by atoms with Crippen LogP contribution in [0.5, 0.6) is 0 Å². The highest BCUT2D eigenvalue weighted by molar-refractivity contribution is 9.10. The van der Waals surface area contributed by atoms with Gasteiger partial charge >= 0.3 is 0 Å². The Morgan fingerprint density at radius 3 is 2.68 bits per heavy atom. The molecule has 1 amide bonds. The van der Waals surface area contributed by atoms with Crippen LogP contribution in [0, 0.1) is 6.92 Å². The average Bonchev–Trinajstić information content (AvgIpc) is 2.40. The van der Waals surface area contributed by atoms with Gasteiger partial charge in [0, 0.05) is 22.3 Å². The van der Waals surface area contributed by atoms with E-state index in [-0.39, 0.29) is 0 Å². The molecule has 0 aliphatic heterocycles. The van der Waals surface area contributed by atoms with Crippen molar-refractivity contribution in [2.75, 3.05) is 5.32 Å². The molecule has 0 unspecified atom stereocenters. The van der Waals surface area contributed by atoms with Gasteiger partial charge in [-0.05, 0) is 46.1 Å². The van der Waals surface area contributed by atoms with Crippen LogP contribution >= 0.6 is 15.9 Å². The summed E-state index contributed by atoms with van der Waals surface area (Å²) < 4.78 is 1.03. The number of hydrogen-bond donors (Lipinski definition) is 2. The molecule has 2 aromatic rings. The van der Waals surface area contributed by atoms with Crippen molar-refractivity contribution >= 4 is 27.5 Å². The predicted octanol–water partition coefficient (Wildman–Crippen LogP) is 3.47. The molecule has 98 valence electrons. The van der Waals surface area contributed by atoms with Gasteiger partial charge in [-0.3, -0.25) is 4.79 Å². The fraction of sp³-hybridized carbons (Fsp3) is 0.133. The largest absolute Gasteiger partial charge is 0.380 e. The lowest BCUT2D eigenvalue weighted by Gasteiger charge is -2.12. The van der Waals surface area contributed by atoms with Crippen LogP contribution in [0.15, 0.2) is 46.9 Å².